The third kappa shape index (κ3) is 3.59. The van der Waals surface area contributed by atoms with Crippen LogP contribution in [0.2, 0.25) is 0 Å². The molecule has 0 amide bonds. The standard InChI is InChI=1S/C23H25F3N4O/c24-14-5-16(23(26)20(25)6-14)21-1-2-22(29-28-21)27-15-3-12-7-30(8-13(12)4-15)9-17-18-10-31-11-19(17)18/h1-2,5-6,12-13,15,17-19H,3-4,7-11H2,(H,27,29)/t12-,13+,15?,17?,18-,19+/i9D2. The molecule has 4 aliphatic rings. The third-order valence-corrected chi connectivity index (χ3v) is 7.32. The zero-order valence-electron chi connectivity index (χ0n) is 18.9. The highest BCUT2D eigenvalue weighted by molar-refractivity contribution is 5.60. The van der Waals surface area contributed by atoms with Crippen LogP contribution in [0.25, 0.3) is 11.3 Å². The van der Waals surface area contributed by atoms with Crippen LogP contribution in [0.1, 0.15) is 15.6 Å². The summed E-state index contributed by atoms with van der Waals surface area (Å²) in [6.45, 7) is 1.66. The molecule has 1 aromatic heterocycles. The van der Waals surface area contributed by atoms with Crippen molar-refractivity contribution in [2.75, 3.05) is 38.1 Å². The smallest absolute Gasteiger partial charge is 0.168 e. The summed E-state index contributed by atoms with van der Waals surface area (Å²) in [7, 11) is 0. The van der Waals surface area contributed by atoms with E-state index in [-0.39, 0.29) is 23.2 Å². The Balaban J connectivity index is 1.07. The molecule has 2 aliphatic heterocycles. The summed E-state index contributed by atoms with van der Waals surface area (Å²) in [4.78, 5) is 2.04. The van der Waals surface area contributed by atoms with Crippen LogP contribution in [0.4, 0.5) is 19.0 Å². The molecular formula is C23H25F3N4O. The molecule has 2 aliphatic carbocycles. The van der Waals surface area contributed by atoms with Gasteiger partial charge in [0.1, 0.15) is 11.6 Å². The molecule has 2 unspecified atom stereocenters. The second-order valence-corrected chi connectivity index (χ2v) is 9.31. The van der Waals surface area contributed by atoms with Crippen molar-refractivity contribution in [3.8, 4) is 11.3 Å². The SMILES string of the molecule is [2H]C([2H])(C1[C@H]2COC[C@@H]12)N1C[C@H]2CC(Nc3ccc(-c4cc(F)cc(F)c4F)nn3)C[C@H]2C1. The number of ether oxygens (including phenoxy) is 1. The summed E-state index contributed by atoms with van der Waals surface area (Å²) in [5.41, 5.74) is -0.199. The largest absolute Gasteiger partial charge is 0.381 e. The first kappa shape index (κ1) is 17.4. The highest BCUT2D eigenvalue weighted by Crippen LogP contribution is 2.52. The minimum atomic E-state index is -1.26. The van der Waals surface area contributed by atoms with Gasteiger partial charge in [0.05, 0.1) is 18.9 Å². The van der Waals surface area contributed by atoms with E-state index in [1.165, 1.54) is 6.07 Å². The number of aromatic nitrogens is 2. The predicted octanol–water partition coefficient (Wildman–Crippen LogP) is 3.58. The molecule has 2 saturated heterocycles. The van der Waals surface area contributed by atoms with E-state index in [4.69, 9.17) is 7.48 Å². The zero-order valence-corrected chi connectivity index (χ0v) is 16.9. The van der Waals surface area contributed by atoms with Gasteiger partial charge in [0, 0.05) is 40.0 Å². The van der Waals surface area contributed by atoms with E-state index >= 15 is 0 Å². The molecule has 2 aromatic rings. The lowest BCUT2D eigenvalue weighted by Gasteiger charge is -2.20. The maximum atomic E-state index is 14.0. The van der Waals surface area contributed by atoms with Crippen LogP contribution in [0, 0.1) is 47.0 Å². The van der Waals surface area contributed by atoms with Crippen molar-refractivity contribution in [2.45, 2.75) is 18.9 Å². The number of benzene rings is 1. The Morgan fingerprint density at radius 1 is 1.06 bits per heavy atom. The number of nitrogens with one attached hydrogen (secondary N) is 1. The molecule has 31 heavy (non-hydrogen) atoms. The van der Waals surface area contributed by atoms with Crippen molar-refractivity contribution in [3.63, 3.8) is 0 Å². The minimum absolute atomic E-state index is 0.0628. The van der Waals surface area contributed by atoms with E-state index in [9.17, 15) is 13.2 Å². The molecule has 1 aromatic carbocycles. The molecule has 8 heteroatoms. The Morgan fingerprint density at radius 3 is 2.48 bits per heavy atom. The summed E-state index contributed by atoms with van der Waals surface area (Å²) in [5.74, 6) is -1.02. The molecule has 6 atom stereocenters. The van der Waals surface area contributed by atoms with Crippen LogP contribution in [-0.4, -0.2) is 53.9 Å². The van der Waals surface area contributed by atoms with E-state index in [2.05, 4.69) is 15.5 Å². The number of hydrogen-bond donors (Lipinski definition) is 1. The van der Waals surface area contributed by atoms with E-state index in [0.717, 1.165) is 32.0 Å². The third-order valence-electron chi connectivity index (χ3n) is 7.32. The Bertz CT molecular complexity index is 1050. The number of halogens is 3. The van der Waals surface area contributed by atoms with E-state index in [0.29, 0.717) is 48.8 Å². The molecule has 0 radical (unpaired) electrons. The fourth-order valence-electron chi connectivity index (χ4n) is 5.67. The molecule has 4 fully saturated rings. The van der Waals surface area contributed by atoms with Crippen molar-refractivity contribution < 1.29 is 20.6 Å². The summed E-state index contributed by atoms with van der Waals surface area (Å²) in [6.07, 6.45) is 1.84. The number of fused-ring (bicyclic) bond motifs is 2. The van der Waals surface area contributed by atoms with Crippen molar-refractivity contribution in [2.24, 2.45) is 29.6 Å². The highest BCUT2D eigenvalue weighted by Gasteiger charge is 2.55. The Labute approximate surface area is 181 Å². The fraction of sp³-hybridized carbons (Fsp3) is 0.565. The lowest BCUT2D eigenvalue weighted by atomic mass is 10.0. The van der Waals surface area contributed by atoms with Gasteiger partial charge >= 0.3 is 0 Å². The molecule has 3 heterocycles. The van der Waals surface area contributed by atoms with Crippen LogP contribution >= 0.6 is 0 Å². The van der Waals surface area contributed by atoms with Crippen LogP contribution in [0.5, 0.6) is 0 Å². The van der Waals surface area contributed by atoms with Gasteiger partial charge in [-0.15, -0.1) is 10.2 Å². The molecule has 1 N–H and O–H groups in total. The maximum Gasteiger partial charge on any atom is 0.168 e. The van der Waals surface area contributed by atoms with Crippen LogP contribution in [0.15, 0.2) is 24.3 Å². The predicted molar refractivity (Wildman–Crippen MR) is 109 cm³/mol. The number of likely N-dealkylation sites (tertiary alicyclic amines) is 1. The highest BCUT2D eigenvalue weighted by atomic mass is 19.2. The fourth-order valence-corrected chi connectivity index (χ4v) is 5.67. The Hall–Kier alpha value is -2.19. The van der Waals surface area contributed by atoms with Gasteiger partial charge in [-0.2, -0.15) is 0 Å². The van der Waals surface area contributed by atoms with Crippen molar-refractivity contribution in [1.29, 1.82) is 0 Å². The van der Waals surface area contributed by atoms with Gasteiger partial charge in [-0.05, 0) is 60.6 Å². The maximum absolute atomic E-state index is 14.0. The molecule has 5 nitrogen and oxygen atoms in total. The van der Waals surface area contributed by atoms with Gasteiger partial charge in [0.25, 0.3) is 0 Å². The van der Waals surface area contributed by atoms with Crippen LogP contribution < -0.4 is 5.32 Å². The van der Waals surface area contributed by atoms with Crippen molar-refractivity contribution in [3.05, 3.63) is 41.7 Å². The van der Waals surface area contributed by atoms with Gasteiger partial charge < -0.3 is 15.0 Å². The number of nitrogens with zero attached hydrogens (tertiary/aromatic N) is 3. The van der Waals surface area contributed by atoms with E-state index < -0.39 is 23.9 Å². The molecule has 2 saturated carbocycles. The Kier molecular flexibility index (Phi) is 4.17. The second kappa shape index (κ2) is 7.45. The normalized spacial score (nSPS) is 35.5. The minimum Gasteiger partial charge on any atom is -0.381 e. The average molecular weight is 432 g/mol. The molecule has 6 rings (SSSR count). The van der Waals surface area contributed by atoms with Crippen LogP contribution in [0.3, 0.4) is 0 Å². The first-order chi connectivity index (χ1) is 15.8. The second-order valence-electron chi connectivity index (χ2n) is 9.31. The van der Waals surface area contributed by atoms with Crippen LogP contribution in [-0.2, 0) is 4.74 Å². The van der Waals surface area contributed by atoms with E-state index in [1.54, 1.807) is 6.07 Å². The van der Waals surface area contributed by atoms with Crippen molar-refractivity contribution in [1.82, 2.24) is 15.1 Å². The Morgan fingerprint density at radius 2 is 1.81 bits per heavy atom. The van der Waals surface area contributed by atoms with Gasteiger partial charge in [-0.3, -0.25) is 0 Å². The number of hydrogen-bond acceptors (Lipinski definition) is 5. The average Bonchev–Trinajstić information content (AvgIpc) is 3.11. The first-order valence-electron chi connectivity index (χ1n) is 11.9. The van der Waals surface area contributed by atoms with Gasteiger partial charge in [0.2, 0.25) is 0 Å². The number of rotatable bonds is 5. The molecule has 0 spiro atoms. The summed E-state index contributed by atoms with van der Waals surface area (Å²) in [5, 5.41) is 11.4. The molecular weight excluding hydrogens is 405 g/mol. The molecule has 0 bridgehead atoms. The van der Waals surface area contributed by atoms with Gasteiger partial charge in [-0.25, -0.2) is 13.2 Å². The zero-order chi connectivity index (χ0) is 22.9. The van der Waals surface area contributed by atoms with Gasteiger partial charge in [-0.1, -0.05) is 0 Å². The lowest BCUT2D eigenvalue weighted by Crippen LogP contribution is -2.28. The topological polar surface area (TPSA) is 50.3 Å². The number of anilines is 1. The monoisotopic (exact) mass is 432 g/mol. The van der Waals surface area contributed by atoms with E-state index in [1.807, 2.05) is 4.90 Å². The lowest BCUT2D eigenvalue weighted by molar-refractivity contribution is 0.141. The summed E-state index contributed by atoms with van der Waals surface area (Å²) >= 11 is 0. The quantitative estimate of drug-likeness (QED) is 0.732. The van der Waals surface area contributed by atoms with Gasteiger partial charge in [0.15, 0.2) is 11.6 Å². The first-order valence-corrected chi connectivity index (χ1v) is 10.9. The van der Waals surface area contributed by atoms with Crippen molar-refractivity contribution >= 4 is 5.82 Å². The summed E-state index contributed by atoms with van der Waals surface area (Å²) in [6, 6.07) is 4.73. The summed E-state index contributed by atoms with van der Waals surface area (Å²) < 4.78 is 63.8. The molecule has 164 valence electrons.